The van der Waals surface area contributed by atoms with Gasteiger partial charge in [-0.1, -0.05) is 0 Å². The molecule has 3 atom stereocenters. The molecule has 1 aromatic rings. The number of aliphatic hydroxyl groups excluding tert-OH is 1. The van der Waals surface area contributed by atoms with Crippen LogP contribution in [-0.4, -0.2) is 45.3 Å². The van der Waals surface area contributed by atoms with E-state index < -0.39 is 0 Å². The van der Waals surface area contributed by atoms with Gasteiger partial charge in [-0.2, -0.15) is 5.10 Å². The Balaban J connectivity index is 1.75. The van der Waals surface area contributed by atoms with Crippen molar-refractivity contribution in [1.29, 1.82) is 0 Å². The summed E-state index contributed by atoms with van der Waals surface area (Å²) < 4.78 is 0. The number of anilines is 1. The van der Waals surface area contributed by atoms with Gasteiger partial charge in [0.1, 0.15) is 11.4 Å². The van der Waals surface area contributed by atoms with Gasteiger partial charge in [-0.3, -0.25) is 9.89 Å². The van der Waals surface area contributed by atoms with Gasteiger partial charge in [0, 0.05) is 19.0 Å². The Kier molecular flexibility index (Phi) is 2.32. The van der Waals surface area contributed by atoms with Crippen LogP contribution in [0.4, 0.5) is 5.82 Å². The number of nitrogens with two attached hydrogens (primary N) is 1. The lowest BCUT2D eigenvalue weighted by molar-refractivity contribution is 0.0753. The average molecular weight is 236 g/mol. The fourth-order valence-electron chi connectivity index (χ4n) is 3.04. The Morgan fingerprint density at radius 3 is 3.00 bits per heavy atom. The Morgan fingerprint density at radius 2 is 2.35 bits per heavy atom. The summed E-state index contributed by atoms with van der Waals surface area (Å²) in [5.74, 6) is 0.916. The Bertz CT molecular complexity index is 444. The van der Waals surface area contributed by atoms with E-state index in [1.54, 1.807) is 4.90 Å². The second kappa shape index (κ2) is 3.73. The van der Waals surface area contributed by atoms with E-state index in [0.29, 0.717) is 23.8 Å². The first-order valence-corrected chi connectivity index (χ1v) is 5.93. The molecule has 0 radical (unpaired) electrons. The number of nitrogen functional groups attached to an aromatic ring is 1. The van der Waals surface area contributed by atoms with Gasteiger partial charge in [-0.05, 0) is 18.8 Å². The molecule has 0 spiro atoms. The van der Waals surface area contributed by atoms with Gasteiger partial charge in [0.05, 0.1) is 12.3 Å². The van der Waals surface area contributed by atoms with Crippen LogP contribution in [0.15, 0.2) is 6.20 Å². The van der Waals surface area contributed by atoms with Gasteiger partial charge in [-0.25, -0.2) is 0 Å². The summed E-state index contributed by atoms with van der Waals surface area (Å²) in [5, 5.41) is 16.1. The van der Waals surface area contributed by atoms with E-state index >= 15 is 0 Å². The van der Waals surface area contributed by atoms with Crippen molar-refractivity contribution < 1.29 is 9.90 Å². The van der Waals surface area contributed by atoms with Crippen molar-refractivity contribution in [3.8, 4) is 0 Å². The van der Waals surface area contributed by atoms with Crippen molar-refractivity contribution in [1.82, 2.24) is 15.1 Å². The highest BCUT2D eigenvalue weighted by Gasteiger charge is 2.43. The Hall–Kier alpha value is -1.56. The number of aromatic nitrogens is 2. The maximum atomic E-state index is 12.2. The number of hydrogen-bond acceptors (Lipinski definition) is 4. The van der Waals surface area contributed by atoms with Crippen LogP contribution in [0.3, 0.4) is 0 Å². The molecule has 0 bridgehead atoms. The number of amides is 1. The monoisotopic (exact) mass is 236 g/mol. The SMILES string of the molecule is Nc1[nH]ncc1C(=O)N1CC2CCC(O)C2C1. The van der Waals surface area contributed by atoms with Crippen LogP contribution in [0.1, 0.15) is 23.2 Å². The van der Waals surface area contributed by atoms with Gasteiger partial charge in [0.15, 0.2) is 0 Å². The molecule has 1 aliphatic heterocycles. The zero-order valence-electron chi connectivity index (χ0n) is 9.47. The second-order valence-corrected chi connectivity index (χ2v) is 4.98. The van der Waals surface area contributed by atoms with Crippen LogP contribution < -0.4 is 5.73 Å². The molecule has 6 heteroatoms. The summed E-state index contributed by atoms with van der Waals surface area (Å²) >= 11 is 0. The zero-order valence-corrected chi connectivity index (χ0v) is 9.47. The third kappa shape index (κ3) is 1.59. The minimum atomic E-state index is -0.250. The van der Waals surface area contributed by atoms with E-state index in [-0.39, 0.29) is 17.9 Å². The predicted molar refractivity (Wildman–Crippen MR) is 61.1 cm³/mol. The van der Waals surface area contributed by atoms with Crippen LogP contribution in [0.2, 0.25) is 0 Å². The molecule has 3 rings (SSSR count). The van der Waals surface area contributed by atoms with Crippen LogP contribution in [0, 0.1) is 11.8 Å². The molecule has 1 aromatic heterocycles. The summed E-state index contributed by atoms with van der Waals surface area (Å²) in [6.07, 6.45) is 3.09. The molecular weight excluding hydrogens is 220 g/mol. The minimum absolute atomic E-state index is 0.0853. The number of nitrogens with one attached hydrogen (secondary N) is 1. The van der Waals surface area contributed by atoms with Crippen molar-refractivity contribution in [2.45, 2.75) is 18.9 Å². The van der Waals surface area contributed by atoms with Gasteiger partial charge in [0.2, 0.25) is 0 Å². The number of fused-ring (bicyclic) bond motifs is 1. The predicted octanol–water partition coefficient (Wildman–Crippen LogP) is -0.165. The van der Waals surface area contributed by atoms with Gasteiger partial charge in [-0.15, -0.1) is 0 Å². The Labute approximate surface area is 98.8 Å². The normalized spacial score (nSPS) is 31.8. The molecule has 2 fully saturated rings. The molecule has 3 unspecified atom stereocenters. The molecular formula is C11H16N4O2. The summed E-state index contributed by atoms with van der Waals surface area (Å²) in [6.45, 7) is 1.36. The number of aliphatic hydroxyl groups is 1. The highest BCUT2D eigenvalue weighted by molar-refractivity contribution is 5.98. The first-order chi connectivity index (χ1) is 8.16. The standard InChI is InChI=1S/C11H16N4O2/c12-10-7(3-13-14-10)11(17)15-4-6-1-2-9(16)8(6)5-15/h3,6,8-9,16H,1-2,4-5H2,(H3,12,13,14). The van der Waals surface area contributed by atoms with E-state index in [1.807, 2.05) is 0 Å². The molecule has 1 amide bonds. The molecule has 6 nitrogen and oxygen atoms in total. The average Bonchev–Trinajstić information content (AvgIpc) is 2.96. The molecule has 0 aromatic carbocycles. The second-order valence-electron chi connectivity index (χ2n) is 4.98. The van der Waals surface area contributed by atoms with Crippen molar-refractivity contribution in [3.05, 3.63) is 11.8 Å². The third-order valence-electron chi connectivity index (χ3n) is 4.01. The summed E-state index contributed by atoms with van der Waals surface area (Å²) in [7, 11) is 0. The van der Waals surface area contributed by atoms with Gasteiger partial charge in [0.25, 0.3) is 5.91 Å². The molecule has 92 valence electrons. The zero-order chi connectivity index (χ0) is 12.0. The number of rotatable bonds is 1. The molecule has 1 saturated carbocycles. The Morgan fingerprint density at radius 1 is 1.53 bits per heavy atom. The summed E-state index contributed by atoms with van der Waals surface area (Å²) in [4.78, 5) is 13.9. The number of carbonyl (C=O) groups is 1. The highest BCUT2D eigenvalue weighted by Crippen LogP contribution is 2.38. The number of likely N-dealkylation sites (tertiary alicyclic amines) is 1. The quantitative estimate of drug-likeness (QED) is 0.631. The van der Waals surface area contributed by atoms with E-state index in [0.717, 1.165) is 19.4 Å². The van der Waals surface area contributed by atoms with Crippen LogP contribution in [0.5, 0.6) is 0 Å². The first kappa shape index (κ1) is 10.6. The fourth-order valence-corrected chi connectivity index (χ4v) is 3.04. The number of hydrogen-bond donors (Lipinski definition) is 3. The molecule has 1 aliphatic carbocycles. The van der Waals surface area contributed by atoms with Gasteiger partial charge < -0.3 is 15.7 Å². The lowest BCUT2D eigenvalue weighted by atomic mass is 10.00. The minimum Gasteiger partial charge on any atom is -0.393 e. The number of H-pyrrole nitrogens is 1. The van der Waals surface area contributed by atoms with Crippen molar-refractivity contribution in [2.24, 2.45) is 11.8 Å². The van der Waals surface area contributed by atoms with Crippen LogP contribution in [-0.2, 0) is 0 Å². The lowest BCUT2D eigenvalue weighted by Gasteiger charge is -2.17. The largest absolute Gasteiger partial charge is 0.393 e. The van der Waals surface area contributed by atoms with Crippen LogP contribution in [0.25, 0.3) is 0 Å². The highest BCUT2D eigenvalue weighted by atomic mass is 16.3. The van der Waals surface area contributed by atoms with E-state index in [9.17, 15) is 9.90 Å². The van der Waals surface area contributed by atoms with Crippen LogP contribution >= 0.6 is 0 Å². The molecule has 17 heavy (non-hydrogen) atoms. The fraction of sp³-hybridized carbons (Fsp3) is 0.636. The van der Waals surface area contributed by atoms with Crippen molar-refractivity contribution in [3.63, 3.8) is 0 Å². The molecule has 4 N–H and O–H groups in total. The summed E-state index contributed by atoms with van der Waals surface area (Å²) in [6, 6.07) is 0. The molecule has 2 heterocycles. The first-order valence-electron chi connectivity index (χ1n) is 5.93. The summed E-state index contributed by atoms with van der Waals surface area (Å²) in [5.41, 5.74) is 6.07. The number of aromatic amines is 1. The molecule has 2 aliphatic rings. The third-order valence-corrected chi connectivity index (χ3v) is 4.01. The van der Waals surface area contributed by atoms with E-state index in [4.69, 9.17) is 5.73 Å². The van der Waals surface area contributed by atoms with Crippen molar-refractivity contribution in [2.75, 3.05) is 18.8 Å². The van der Waals surface area contributed by atoms with Crippen molar-refractivity contribution >= 4 is 11.7 Å². The smallest absolute Gasteiger partial charge is 0.259 e. The number of carbonyl (C=O) groups excluding carboxylic acids is 1. The number of nitrogens with zero attached hydrogens (tertiary/aromatic N) is 2. The topological polar surface area (TPSA) is 95.2 Å². The van der Waals surface area contributed by atoms with Gasteiger partial charge >= 0.3 is 0 Å². The lowest BCUT2D eigenvalue weighted by Crippen LogP contribution is -2.31. The van der Waals surface area contributed by atoms with E-state index in [1.165, 1.54) is 6.20 Å². The molecule has 1 saturated heterocycles. The maximum Gasteiger partial charge on any atom is 0.259 e. The maximum absolute atomic E-state index is 12.2. The van der Waals surface area contributed by atoms with E-state index in [2.05, 4.69) is 10.2 Å².